The molecule has 4 nitrogen and oxygen atoms in total. The number of aliphatic carboxylic acids is 1. The molecule has 0 saturated carbocycles. The molecule has 1 N–H and O–H groups in total. The van der Waals surface area contributed by atoms with E-state index in [4.69, 9.17) is 5.11 Å². The Hall–Kier alpha value is -1.32. The third kappa shape index (κ3) is 16.2. The normalized spacial score (nSPS) is 12.4. The quantitative estimate of drug-likeness (QED) is 0.174. The van der Waals surface area contributed by atoms with Crippen molar-refractivity contribution in [2.75, 3.05) is 13.1 Å². The third-order valence-corrected chi connectivity index (χ3v) is 5.66. The number of rotatable bonds is 20. The van der Waals surface area contributed by atoms with Crippen LogP contribution in [0.4, 0.5) is 0 Å². The fraction of sp³-hybridized carbons (Fsp3) is 0.840. The number of nitrogens with zero attached hydrogens (tertiary/aromatic N) is 1. The lowest BCUT2D eigenvalue weighted by Gasteiger charge is -2.24. The minimum Gasteiger partial charge on any atom is -0.481 e. The molecule has 1 unspecified atom stereocenters. The molecule has 0 radical (unpaired) electrons. The van der Waals surface area contributed by atoms with Gasteiger partial charge in [-0.15, -0.1) is 0 Å². The Bertz CT molecular complexity index is 430. The molecule has 1 amide bonds. The first-order chi connectivity index (χ1) is 14.1. The van der Waals surface area contributed by atoms with E-state index in [9.17, 15) is 9.59 Å². The summed E-state index contributed by atoms with van der Waals surface area (Å²) in [4.78, 5) is 25.3. The van der Waals surface area contributed by atoms with Gasteiger partial charge in [-0.1, -0.05) is 76.9 Å². The number of carboxylic acid groups (broad SMARTS) is 1. The number of hydrogen-bond acceptors (Lipinski definition) is 2. The Morgan fingerprint density at radius 2 is 1.24 bits per heavy atom. The second-order valence-electron chi connectivity index (χ2n) is 8.18. The topological polar surface area (TPSA) is 57.6 Å². The van der Waals surface area contributed by atoms with Crippen molar-refractivity contribution in [2.24, 2.45) is 5.92 Å². The molecular formula is C25H47NO3. The summed E-state index contributed by atoms with van der Waals surface area (Å²) in [6.07, 6.45) is 21.5. The minimum atomic E-state index is -0.876. The van der Waals surface area contributed by atoms with E-state index in [2.05, 4.69) is 19.1 Å². The number of carbonyl (C=O) groups excluding carboxylic acids is 1. The summed E-state index contributed by atoms with van der Waals surface area (Å²) < 4.78 is 0. The van der Waals surface area contributed by atoms with E-state index in [0.29, 0.717) is 19.5 Å². The van der Waals surface area contributed by atoms with E-state index < -0.39 is 5.97 Å². The Balaban J connectivity index is 3.77. The fourth-order valence-electron chi connectivity index (χ4n) is 3.78. The maximum absolute atomic E-state index is 12.5. The summed E-state index contributed by atoms with van der Waals surface area (Å²) >= 11 is 0. The molecule has 0 aliphatic rings. The molecule has 1 atom stereocenters. The van der Waals surface area contributed by atoms with Crippen LogP contribution in [-0.4, -0.2) is 35.0 Å². The van der Waals surface area contributed by atoms with Gasteiger partial charge in [0.2, 0.25) is 5.91 Å². The van der Waals surface area contributed by atoms with E-state index in [-0.39, 0.29) is 18.2 Å². The van der Waals surface area contributed by atoms with Gasteiger partial charge < -0.3 is 10.0 Å². The van der Waals surface area contributed by atoms with Crippen molar-refractivity contribution in [3.05, 3.63) is 12.2 Å². The molecule has 170 valence electrons. The van der Waals surface area contributed by atoms with Crippen LogP contribution in [0.5, 0.6) is 0 Å². The summed E-state index contributed by atoms with van der Waals surface area (Å²) in [6.45, 7) is 7.44. The van der Waals surface area contributed by atoms with Crippen LogP contribution in [0.15, 0.2) is 12.2 Å². The molecule has 29 heavy (non-hydrogen) atoms. The Morgan fingerprint density at radius 3 is 1.72 bits per heavy atom. The van der Waals surface area contributed by atoms with Crippen LogP contribution in [0.25, 0.3) is 0 Å². The predicted octanol–water partition coefficient (Wildman–Crippen LogP) is 6.98. The highest BCUT2D eigenvalue weighted by molar-refractivity contribution is 5.83. The van der Waals surface area contributed by atoms with Crippen LogP contribution in [0.2, 0.25) is 0 Å². The Labute approximate surface area is 180 Å². The monoisotopic (exact) mass is 409 g/mol. The van der Waals surface area contributed by atoms with Gasteiger partial charge in [-0.2, -0.15) is 0 Å². The van der Waals surface area contributed by atoms with Crippen molar-refractivity contribution in [1.82, 2.24) is 4.90 Å². The third-order valence-electron chi connectivity index (χ3n) is 5.66. The molecule has 0 bridgehead atoms. The van der Waals surface area contributed by atoms with Crippen LogP contribution in [-0.2, 0) is 9.59 Å². The first kappa shape index (κ1) is 27.7. The number of carboxylic acids is 1. The zero-order valence-electron chi connectivity index (χ0n) is 19.5. The van der Waals surface area contributed by atoms with Gasteiger partial charge in [-0.05, 0) is 46.0 Å². The van der Waals surface area contributed by atoms with Crippen LogP contribution in [0, 0.1) is 5.92 Å². The first-order valence-electron chi connectivity index (χ1n) is 12.2. The number of unbranched alkanes of at least 4 members (excludes halogenated alkanes) is 11. The first-order valence-corrected chi connectivity index (χ1v) is 12.2. The molecule has 0 heterocycles. The summed E-state index contributed by atoms with van der Waals surface area (Å²) in [6, 6.07) is 0. The maximum Gasteiger partial charge on any atom is 0.304 e. The van der Waals surface area contributed by atoms with Crippen molar-refractivity contribution in [3.8, 4) is 0 Å². The molecule has 0 fully saturated rings. The Kier molecular flexibility index (Phi) is 19.1. The number of allylic oxidation sites excluding steroid dienone is 2. The van der Waals surface area contributed by atoms with Gasteiger partial charge in [-0.25, -0.2) is 0 Å². The smallest absolute Gasteiger partial charge is 0.304 e. The van der Waals surface area contributed by atoms with Crippen LogP contribution < -0.4 is 0 Å². The van der Waals surface area contributed by atoms with Crippen molar-refractivity contribution >= 4 is 11.9 Å². The highest BCUT2D eigenvalue weighted by atomic mass is 16.4. The SMILES string of the molecule is CCCCCCCCCC/C=C/CCCCCC(CC(=O)O)C(=O)N(CC)CC. The molecule has 0 aliphatic heterocycles. The predicted molar refractivity (Wildman–Crippen MR) is 123 cm³/mol. The van der Waals surface area contributed by atoms with Crippen LogP contribution in [0.3, 0.4) is 0 Å². The van der Waals surface area contributed by atoms with Crippen molar-refractivity contribution < 1.29 is 14.7 Å². The molecule has 0 rings (SSSR count). The lowest BCUT2D eigenvalue weighted by Crippen LogP contribution is -2.36. The van der Waals surface area contributed by atoms with Gasteiger partial charge in [0.15, 0.2) is 0 Å². The van der Waals surface area contributed by atoms with Gasteiger partial charge in [0.25, 0.3) is 0 Å². The summed E-state index contributed by atoms with van der Waals surface area (Å²) in [5.41, 5.74) is 0. The molecule has 4 heteroatoms. The average molecular weight is 410 g/mol. The van der Waals surface area contributed by atoms with Gasteiger partial charge in [0.05, 0.1) is 6.42 Å². The minimum absolute atomic E-state index is 0.00246. The van der Waals surface area contributed by atoms with Crippen molar-refractivity contribution in [1.29, 1.82) is 0 Å². The standard InChI is InChI=1S/C25H47NO3/c1-4-7-8-9-10-11-12-13-14-15-16-17-18-19-20-21-23(22-24(27)28)25(29)26(5-2)6-3/h15-16,23H,4-14,17-22H2,1-3H3,(H,27,28)/b16-15+. The highest BCUT2D eigenvalue weighted by Crippen LogP contribution is 2.18. The molecular weight excluding hydrogens is 362 g/mol. The van der Waals surface area contributed by atoms with E-state index >= 15 is 0 Å². The second kappa shape index (κ2) is 20.0. The van der Waals surface area contributed by atoms with Crippen LogP contribution in [0.1, 0.15) is 117 Å². The number of carbonyl (C=O) groups is 2. The van der Waals surface area contributed by atoms with E-state index in [1.54, 1.807) is 4.90 Å². The zero-order valence-corrected chi connectivity index (χ0v) is 19.5. The average Bonchev–Trinajstić information content (AvgIpc) is 2.70. The Morgan fingerprint density at radius 1 is 0.759 bits per heavy atom. The van der Waals surface area contributed by atoms with Gasteiger partial charge in [0.1, 0.15) is 0 Å². The van der Waals surface area contributed by atoms with Gasteiger partial charge in [-0.3, -0.25) is 9.59 Å². The second-order valence-corrected chi connectivity index (χ2v) is 8.18. The lowest BCUT2D eigenvalue weighted by molar-refractivity contribution is -0.144. The molecule has 0 aromatic carbocycles. The van der Waals surface area contributed by atoms with Crippen LogP contribution >= 0.6 is 0 Å². The zero-order chi connectivity index (χ0) is 21.7. The largest absolute Gasteiger partial charge is 0.481 e. The summed E-state index contributed by atoms with van der Waals surface area (Å²) in [7, 11) is 0. The van der Waals surface area contributed by atoms with E-state index in [0.717, 1.165) is 25.7 Å². The molecule has 0 spiro atoms. The van der Waals surface area contributed by atoms with Crippen molar-refractivity contribution in [2.45, 2.75) is 117 Å². The van der Waals surface area contributed by atoms with Gasteiger partial charge >= 0.3 is 5.97 Å². The maximum atomic E-state index is 12.5. The fourth-order valence-corrected chi connectivity index (χ4v) is 3.78. The molecule has 0 aromatic rings. The van der Waals surface area contributed by atoms with Crippen molar-refractivity contribution in [3.63, 3.8) is 0 Å². The summed E-state index contributed by atoms with van der Waals surface area (Å²) in [5.74, 6) is -1.24. The van der Waals surface area contributed by atoms with E-state index in [1.165, 1.54) is 57.8 Å². The molecule has 0 saturated heterocycles. The number of amides is 1. The number of hydrogen-bond donors (Lipinski definition) is 1. The van der Waals surface area contributed by atoms with E-state index in [1.807, 2.05) is 13.8 Å². The highest BCUT2D eigenvalue weighted by Gasteiger charge is 2.24. The molecule has 0 aliphatic carbocycles. The summed E-state index contributed by atoms with van der Waals surface area (Å²) in [5, 5.41) is 9.11. The molecule has 0 aromatic heterocycles. The van der Waals surface area contributed by atoms with Gasteiger partial charge in [0, 0.05) is 19.0 Å². The lowest BCUT2D eigenvalue weighted by atomic mass is 9.95.